The van der Waals surface area contributed by atoms with Crippen molar-refractivity contribution in [3.05, 3.63) is 29.3 Å². The quantitative estimate of drug-likeness (QED) is 0.868. The van der Waals surface area contributed by atoms with E-state index in [1.165, 1.54) is 0 Å². The molecule has 0 aromatic heterocycles. The predicted molar refractivity (Wildman–Crippen MR) is 83.0 cm³/mol. The lowest BCUT2D eigenvalue weighted by atomic mass is 10.0. The van der Waals surface area contributed by atoms with Gasteiger partial charge in [0.15, 0.2) is 0 Å². The maximum atomic E-state index is 12.0. The van der Waals surface area contributed by atoms with E-state index in [1.807, 2.05) is 11.8 Å². The largest absolute Gasteiger partial charge is 0.389 e. The SMILES string of the molecule is CCCN(CC(=O)N(C)C)c1cc(C#N)ccc1[C@@H](C)O. The first-order valence-electron chi connectivity index (χ1n) is 7.07. The van der Waals surface area contributed by atoms with Crippen molar-refractivity contribution in [2.75, 3.05) is 32.1 Å². The number of hydrogen-bond donors (Lipinski definition) is 1. The van der Waals surface area contributed by atoms with E-state index < -0.39 is 6.10 Å². The van der Waals surface area contributed by atoms with Crippen LogP contribution in [-0.2, 0) is 4.79 Å². The van der Waals surface area contributed by atoms with Crippen molar-refractivity contribution in [2.24, 2.45) is 0 Å². The number of aliphatic hydroxyl groups is 1. The van der Waals surface area contributed by atoms with Gasteiger partial charge in [-0.3, -0.25) is 4.79 Å². The van der Waals surface area contributed by atoms with Crippen LogP contribution in [0.15, 0.2) is 18.2 Å². The zero-order valence-corrected chi connectivity index (χ0v) is 13.1. The molecule has 1 atom stereocenters. The lowest BCUT2D eigenvalue weighted by Crippen LogP contribution is -2.37. The van der Waals surface area contributed by atoms with Gasteiger partial charge in [0.25, 0.3) is 0 Å². The molecule has 0 saturated carbocycles. The van der Waals surface area contributed by atoms with Crippen molar-refractivity contribution in [1.82, 2.24) is 4.90 Å². The zero-order valence-electron chi connectivity index (χ0n) is 13.1. The molecule has 1 aromatic carbocycles. The number of carbonyl (C=O) groups is 1. The highest BCUT2D eigenvalue weighted by Gasteiger charge is 2.18. The van der Waals surface area contributed by atoms with Gasteiger partial charge in [0, 0.05) is 31.9 Å². The normalized spacial score (nSPS) is 11.6. The van der Waals surface area contributed by atoms with Crippen molar-refractivity contribution >= 4 is 11.6 Å². The Hall–Kier alpha value is -2.06. The zero-order chi connectivity index (χ0) is 16.0. The number of hydrogen-bond acceptors (Lipinski definition) is 4. The molecule has 0 unspecified atom stereocenters. The second kappa shape index (κ2) is 7.65. The van der Waals surface area contributed by atoms with Crippen LogP contribution in [0.3, 0.4) is 0 Å². The van der Waals surface area contributed by atoms with Crippen molar-refractivity contribution in [3.63, 3.8) is 0 Å². The van der Waals surface area contributed by atoms with Gasteiger partial charge in [-0.25, -0.2) is 0 Å². The molecule has 0 spiro atoms. The summed E-state index contributed by atoms with van der Waals surface area (Å²) < 4.78 is 0. The van der Waals surface area contributed by atoms with Gasteiger partial charge in [-0.05, 0) is 25.5 Å². The molecule has 0 saturated heterocycles. The first-order valence-corrected chi connectivity index (χ1v) is 7.07. The number of anilines is 1. The minimum Gasteiger partial charge on any atom is -0.389 e. The summed E-state index contributed by atoms with van der Waals surface area (Å²) in [7, 11) is 3.43. The lowest BCUT2D eigenvalue weighted by molar-refractivity contribution is -0.127. The van der Waals surface area contributed by atoms with E-state index in [4.69, 9.17) is 5.26 Å². The van der Waals surface area contributed by atoms with Crippen molar-refractivity contribution in [2.45, 2.75) is 26.4 Å². The lowest BCUT2D eigenvalue weighted by Gasteiger charge is -2.28. The van der Waals surface area contributed by atoms with Crippen LogP contribution in [0, 0.1) is 11.3 Å². The van der Waals surface area contributed by atoms with Gasteiger partial charge >= 0.3 is 0 Å². The molecule has 1 amide bonds. The highest BCUT2D eigenvalue weighted by molar-refractivity contribution is 5.81. The summed E-state index contributed by atoms with van der Waals surface area (Å²) in [5, 5.41) is 19.0. The molecule has 0 radical (unpaired) electrons. The molecule has 0 aliphatic rings. The van der Waals surface area contributed by atoms with Crippen LogP contribution in [0.1, 0.15) is 37.5 Å². The molecule has 1 N–H and O–H groups in total. The van der Waals surface area contributed by atoms with Gasteiger partial charge in [0.05, 0.1) is 24.3 Å². The summed E-state index contributed by atoms with van der Waals surface area (Å²) >= 11 is 0. The molecule has 1 aromatic rings. The Morgan fingerprint density at radius 1 is 1.43 bits per heavy atom. The molecular formula is C16H23N3O2. The fourth-order valence-corrected chi connectivity index (χ4v) is 2.10. The topological polar surface area (TPSA) is 67.6 Å². The summed E-state index contributed by atoms with van der Waals surface area (Å²) in [5.41, 5.74) is 2.00. The highest BCUT2D eigenvalue weighted by atomic mass is 16.3. The Kier molecular flexibility index (Phi) is 6.19. The second-order valence-electron chi connectivity index (χ2n) is 5.27. The Bertz CT molecular complexity index is 533. The molecule has 0 aliphatic carbocycles. The molecule has 0 heterocycles. The third-order valence-corrected chi connectivity index (χ3v) is 3.27. The summed E-state index contributed by atoms with van der Waals surface area (Å²) in [4.78, 5) is 15.5. The Morgan fingerprint density at radius 2 is 2.10 bits per heavy atom. The van der Waals surface area contributed by atoms with E-state index in [1.54, 1.807) is 44.1 Å². The monoisotopic (exact) mass is 289 g/mol. The first kappa shape index (κ1) is 17.0. The van der Waals surface area contributed by atoms with Crippen LogP contribution in [0.25, 0.3) is 0 Å². The highest BCUT2D eigenvalue weighted by Crippen LogP contribution is 2.28. The molecule has 1 rings (SSSR count). The summed E-state index contributed by atoms with van der Waals surface area (Å²) in [6.45, 7) is 4.63. The molecular weight excluding hydrogens is 266 g/mol. The molecule has 0 aliphatic heterocycles. The number of nitrogens with zero attached hydrogens (tertiary/aromatic N) is 3. The number of rotatable bonds is 6. The van der Waals surface area contributed by atoms with Crippen LogP contribution in [-0.4, -0.2) is 43.1 Å². The second-order valence-corrected chi connectivity index (χ2v) is 5.27. The Labute approximate surface area is 126 Å². The number of aliphatic hydroxyl groups excluding tert-OH is 1. The first-order chi connectivity index (χ1) is 9.90. The van der Waals surface area contributed by atoms with E-state index in [-0.39, 0.29) is 12.5 Å². The van der Waals surface area contributed by atoms with Crippen molar-refractivity contribution < 1.29 is 9.90 Å². The summed E-state index contributed by atoms with van der Waals surface area (Å²) in [5.74, 6) is -0.0117. The predicted octanol–water partition coefficient (Wildman–Crippen LogP) is 1.92. The average Bonchev–Trinajstić information content (AvgIpc) is 2.45. The third-order valence-electron chi connectivity index (χ3n) is 3.27. The third kappa shape index (κ3) is 4.47. The van der Waals surface area contributed by atoms with Crippen molar-refractivity contribution in [1.29, 1.82) is 5.26 Å². The van der Waals surface area contributed by atoms with Crippen LogP contribution in [0.5, 0.6) is 0 Å². The number of amides is 1. The van der Waals surface area contributed by atoms with E-state index in [2.05, 4.69) is 6.07 Å². The number of benzene rings is 1. The van der Waals surface area contributed by atoms with Crippen LogP contribution >= 0.6 is 0 Å². The average molecular weight is 289 g/mol. The van der Waals surface area contributed by atoms with E-state index >= 15 is 0 Å². The number of nitriles is 1. The standard InChI is InChI=1S/C16H23N3O2/c1-5-8-19(11-16(21)18(3)4)15-9-13(10-17)6-7-14(15)12(2)20/h6-7,9,12,20H,5,8,11H2,1-4H3/t12-/m1/s1. The maximum Gasteiger partial charge on any atom is 0.241 e. The number of carbonyl (C=O) groups excluding carboxylic acids is 1. The van der Waals surface area contributed by atoms with E-state index in [0.717, 1.165) is 17.7 Å². The summed E-state index contributed by atoms with van der Waals surface area (Å²) in [6, 6.07) is 7.27. The molecule has 5 heteroatoms. The maximum absolute atomic E-state index is 12.0. The molecule has 5 nitrogen and oxygen atoms in total. The van der Waals surface area contributed by atoms with Crippen molar-refractivity contribution in [3.8, 4) is 6.07 Å². The van der Waals surface area contributed by atoms with Gasteiger partial charge in [-0.2, -0.15) is 5.26 Å². The molecule has 0 fully saturated rings. The molecule has 0 bridgehead atoms. The van der Waals surface area contributed by atoms with Gasteiger partial charge in [-0.1, -0.05) is 13.0 Å². The fourth-order valence-electron chi connectivity index (χ4n) is 2.10. The van der Waals surface area contributed by atoms with Crippen LogP contribution in [0.2, 0.25) is 0 Å². The van der Waals surface area contributed by atoms with Gasteiger partial charge < -0.3 is 14.9 Å². The smallest absolute Gasteiger partial charge is 0.241 e. The Balaban J connectivity index is 3.22. The minimum atomic E-state index is -0.651. The fraction of sp³-hybridized carbons (Fsp3) is 0.500. The summed E-state index contributed by atoms with van der Waals surface area (Å²) in [6.07, 6.45) is 0.220. The molecule has 21 heavy (non-hydrogen) atoms. The van der Waals surface area contributed by atoms with E-state index in [0.29, 0.717) is 12.1 Å². The minimum absolute atomic E-state index is 0.0117. The van der Waals surface area contributed by atoms with Crippen LogP contribution < -0.4 is 4.90 Å². The number of likely N-dealkylation sites (N-methyl/N-ethyl adjacent to an activating group) is 1. The van der Waals surface area contributed by atoms with Gasteiger partial charge in [-0.15, -0.1) is 0 Å². The van der Waals surface area contributed by atoms with Crippen LogP contribution in [0.4, 0.5) is 5.69 Å². The van der Waals surface area contributed by atoms with Gasteiger partial charge in [0.1, 0.15) is 0 Å². The Morgan fingerprint density at radius 3 is 2.57 bits per heavy atom. The van der Waals surface area contributed by atoms with E-state index in [9.17, 15) is 9.90 Å². The van der Waals surface area contributed by atoms with Gasteiger partial charge in [0.2, 0.25) is 5.91 Å². The molecule has 114 valence electrons.